The molecule has 0 amide bonds. The van der Waals surface area contributed by atoms with E-state index in [0.29, 0.717) is 12.8 Å². The Morgan fingerprint density at radius 1 is 1.52 bits per heavy atom. The number of carboxylic acid groups (broad SMARTS) is 1. The first kappa shape index (κ1) is 15.0. The van der Waals surface area contributed by atoms with Gasteiger partial charge in [-0.2, -0.15) is 0 Å². The van der Waals surface area contributed by atoms with Gasteiger partial charge in [0.1, 0.15) is 5.69 Å². The van der Waals surface area contributed by atoms with Crippen LogP contribution in [0.1, 0.15) is 19.3 Å². The molecule has 2 rings (SSSR count). The minimum absolute atomic E-state index is 0.0661. The Hall–Kier alpha value is -2.38. The zero-order chi connectivity index (χ0) is 15.6. The highest BCUT2D eigenvalue weighted by molar-refractivity contribution is 5.73. The molecule has 0 spiro atoms. The van der Waals surface area contributed by atoms with Crippen molar-refractivity contribution in [3.63, 3.8) is 0 Å². The smallest absolute Gasteiger partial charge is 0.308 e. The third-order valence-electron chi connectivity index (χ3n) is 3.64. The van der Waals surface area contributed by atoms with Crippen molar-refractivity contribution in [1.82, 2.24) is 0 Å². The van der Waals surface area contributed by atoms with Crippen LogP contribution in [-0.4, -0.2) is 29.2 Å². The summed E-state index contributed by atoms with van der Waals surface area (Å²) < 4.78 is 18.4. The minimum Gasteiger partial charge on any atom is -0.494 e. The quantitative estimate of drug-likeness (QED) is 0.639. The Morgan fingerprint density at radius 2 is 2.24 bits per heavy atom. The molecule has 1 aromatic rings. The van der Waals surface area contributed by atoms with Gasteiger partial charge in [-0.25, -0.2) is 4.39 Å². The number of halogens is 1. The molecule has 1 saturated carbocycles. The molecule has 0 aromatic heterocycles. The molecule has 0 aliphatic heterocycles. The monoisotopic (exact) mass is 298 g/mol. The predicted molar refractivity (Wildman–Crippen MR) is 72.0 cm³/mol. The molecule has 2 atom stereocenters. The van der Waals surface area contributed by atoms with E-state index in [-0.39, 0.29) is 11.4 Å². The van der Waals surface area contributed by atoms with E-state index in [4.69, 9.17) is 9.84 Å². The van der Waals surface area contributed by atoms with Crippen LogP contribution in [0.2, 0.25) is 0 Å². The van der Waals surface area contributed by atoms with Gasteiger partial charge in [0.05, 0.1) is 24.0 Å². The predicted octanol–water partition coefficient (Wildman–Crippen LogP) is 2.41. The SMILES string of the molecule is COc1cc(NC2CCCC2C(=O)O)c([N+](=O)[O-])cc1F. The number of carbonyl (C=O) groups is 1. The number of rotatable bonds is 5. The van der Waals surface area contributed by atoms with E-state index in [1.807, 2.05) is 0 Å². The zero-order valence-corrected chi connectivity index (χ0v) is 11.3. The van der Waals surface area contributed by atoms with Gasteiger partial charge in [-0.15, -0.1) is 0 Å². The highest BCUT2D eigenvalue weighted by Gasteiger charge is 2.34. The van der Waals surface area contributed by atoms with Crippen LogP contribution in [0.25, 0.3) is 0 Å². The summed E-state index contributed by atoms with van der Waals surface area (Å²) in [5.74, 6) is -2.52. The molecule has 114 valence electrons. The fourth-order valence-corrected chi connectivity index (χ4v) is 2.59. The lowest BCUT2D eigenvalue weighted by Crippen LogP contribution is -2.30. The second kappa shape index (κ2) is 5.94. The Labute approximate surface area is 119 Å². The van der Waals surface area contributed by atoms with Crippen molar-refractivity contribution in [3.05, 3.63) is 28.1 Å². The molecule has 0 heterocycles. The number of hydrogen-bond donors (Lipinski definition) is 2. The number of ether oxygens (including phenoxy) is 1. The fourth-order valence-electron chi connectivity index (χ4n) is 2.59. The van der Waals surface area contributed by atoms with Gasteiger partial charge >= 0.3 is 5.97 Å². The summed E-state index contributed by atoms with van der Waals surface area (Å²) in [7, 11) is 1.25. The van der Waals surface area contributed by atoms with E-state index in [1.165, 1.54) is 13.2 Å². The molecule has 0 bridgehead atoms. The molecular weight excluding hydrogens is 283 g/mol. The average molecular weight is 298 g/mol. The number of carboxylic acids is 1. The third-order valence-corrected chi connectivity index (χ3v) is 3.64. The van der Waals surface area contributed by atoms with Gasteiger partial charge in [0.15, 0.2) is 11.6 Å². The Morgan fingerprint density at radius 3 is 2.81 bits per heavy atom. The van der Waals surface area contributed by atoms with Crippen LogP contribution in [0, 0.1) is 21.8 Å². The van der Waals surface area contributed by atoms with Crippen molar-refractivity contribution >= 4 is 17.3 Å². The summed E-state index contributed by atoms with van der Waals surface area (Å²) in [6, 6.07) is 1.53. The number of benzene rings is 1. The number of nitro groups is 1. The molecule has 21 heavy (non-hydrogen) atoms. The molecule has 8 heteroatoms. The summed E-state index contributed by atoms with van der Waals surface area (Å²) >= 11 is 0. The second-order valence-corrected chi connectivity index (χ2v) is 4.89. The number of methoxy groups -OCH3 is 1. The van der Waals surface area contributed by atoms with E-state index < -0.39 is 34.4 Å². The lowest BCUT2D eigenvalue weighted by molar-refractivity contribution is -0.384. The van der Waals surface area contributed by atoms with E-state index in [0.717, 1.165) is 12.5 Å². The van der Waals surface area contributed by atoms with Crippen molar-refractivity contribution in [2.45, 2.75) is 25.3 Å². The molecule has 1 aliphatic rings. The Balaban J connectivity index is 2.34. The topological polar surface area (TPSA) is 102 Å². The molecule has 2 N–H and O–H groups in total. The molecule has 1 aliphatic carbocycles. The number of nitro benzene ring substituents is 1. The average Bonchev–Trinajstić information content (AvgIpc) is 2.88. The first-order valence-corrected chi connectivity index (χ1v) is 6.45. The van der Waals surface area contributed by atoms with Crippen molar-refractivity contribution in [3.8, 4) is 5.75 Å². The molecule has 1 aromatic carbocycles. The van der Waals surface area contributed by atoms with E-state index in [2.05, 4.69) is 5.32 Å². The maximum atomic E-state index is 13.6. The van der Waals surface area contributed by atoms with E-state index in [1.54, 1.807) is 0 Å². The van der Waals surface area contributed by atoms with Gasteiger partial charge in [0.25, 0.3) is 5.69 Å². The standard InChI is InChI=1S/C13H15FN2O5/c1-21-12-6-10(11(16(19)20)5-8(12)14)15-9-4-2-3-7(9)13(17)18/h5-7,9,15H,2-4H2,1H3,(H,17,18). The highest BCUT2D eigenvalue weighted by Crippen LogP contribution is 2.35. The van der Waals surface area contributed by atoms with Gasteiger partial charge in [0.2, 0.25) is 0 Å². The summed E-state index contributed by atoms with van der Waals surface area (Å²) in [5, 5.41) is 23.0. The summed E-state index contributed by atoms with van der Waals surface area (Å²) in [6.45, 7) is 0. The van der Waals surface area contributed by atoms with Crippen LogP contribution in [-0.2, 0) is 4.79 Å². The van der Waals surface area contributed by atoms with Crippen LogP contribution in [0.4, 0.5) is 15.8 Å². The van der Waals surface area contributed by atoms with E-state index >= 15 is 0 Å². The fraction of sp³-hybridized carbons (Fsp3) is 0.462. The van der Waals surface area contributed by atoms with Gasteiger partial charge in [-0.1, -0.05) is 6.42 Å². The van der Waals surface area contributed by atoms with Crippen molar-refractivity contribution < 1.29 is 24.0 Å². The minimum atomic E-state index is -0.943. The van der Waals surface area contributed by atoms with Gasteiger partial charge in [-0.3, -0.25) is 14.9 Å². The Kier molecular flexibility index (Phi) is 4.25. The zero-order valence-electron chi connectivity index (χ0n) is 11.3. The van der Waals surface area contributed by atoms with Gasteiger partial charge < -0.3 is 15.2 Å². The van der Waals surface area contributed by atoms with Crippen LogP contribution < -0.4 is 10.1 Å². The molecule has 0 saturated heterocycles. The highest BCUT2D eigenvalue weighted by atomic mass is 19.1. The molecule has 1 fully saturated rings. The van der Waals surface area contributed by atoms with Crippen LogP contribution in [0.5, 0.6) is 5.75 Å². The number of aliphatic carboxylic acids is 1. The van der Waals surface area contributed by atoms with Crippen molar-refractivity contribution in [1.29, 1.82) is 0 Å². The first-order valence-electron chi connectivity index (χ1n) is 6.45. The second-order valence-electron chi connectivity index (χ2n) is 4.89. The van der Waals surface area contributed by atoms with Crippen LogP contribution in [0.3, 0.4) is 0 Å². The maximum absolute atomic E-state index is 13.6. The summed E-state index contributed by atoms with van der Waals surface area (Å²) in [5.41, 5.74) is -0.374. The normalized spacial score (nSPS) is 21.0. The van der Waals surface area contributed by atoms with Crippen LogP contribution in [0.15, 0.2) is 12.1 Å². The van der Waals surface area contributed by atoms with Crippen molar-refractivity contribution in [2.24, 2.45) is 5.92 Å². The number of anilines is 1. The molecular formula is C13H15FN2O5. The lowest BCUT2D eigenvalue weighted by atomic mass is 10.0. The Bertz CT molecular complexity index is 578. The third kappa shape index (κ3) is 3.04. The van der Waals surface area contributed by atoms with Crippen molar-refractivity contribution in [2.75, 3.05) is 12.4 Å². The number of hydrogen-bond acceptors (Lipinski definition) is 5. The van der Waals surface area contributed by atoms with Gasteiger partial charge in [0, 0.05) is 12.1 Å². The van der Waals surface area contributed by atoms with E-state index in [9.17, 15) is 19.3 Å². The summed E-state index contributed by atoms with van der Waals surface area (Å²) in [4.78, 5) is 21.4. The number of nitrogens with one attached hydrogen (secondary N) is 1. The van der Waals surface area contributed by atoms with Crippen LogP contribution >= 0.6 is 0 Å². The number of nitrogens with zero attached hydrogens (tertiary/aromatic N) is 1. The molecule has 2 unspecified atom stereocenters. The molecule has 7 nitrogen and oxygen atoms in total. The van der Waals surface area contributed by atoms with Gasteiger partial charge in [-0.05, 0) is 12.8 Å². The largest absolute Gasteiger partial charge is 0.494 e. The first-order chi connectivity index (χ1) is 9.93. The lowest BCUT2D eigenvalue weighted by Gasteiger charge is -2.19. The summed E-state index contributed by atoms with van der Waals surface area (Å²) in [6.07, 6.45) is 1.83. The maximum Gasteiger partial charge on any atom is 0.308 e. The molecule has 0 radical (unpaired) electrons.